The first kappa shape index (κ1) is 21.9. The molecule has 0 radical (unpaired) electrons. The minimum atomic E-state index is -0.0663. The fourth-order valence-electron chi connectivity index (χ4n) is 4.11. The normalized spacial score (nSPS) is 14.0. The summed E-state index contributed by atoms with van der Waals surface area (Å²) < 4.78 is 7.61. The van der Waals surface area contributed by atoms with Crippen LogP contribution in [-0.4, -0.2) is 36.7 Å². The van der Waals surface area contributed by atoms with E-state index in [-0.39, 0.29) is 18.4 Å². The van der Waals surface area contributed by atoms with E-state index in [0.29, 0.717) is 18.4 Å². The Morgan fingerprint density at radius 1 is 1.12 bits per heavy atom. The minimum absolute atomic E-state index is 0.0663. The van der Waals surface area contributed by atoms with E-state index in [1.54, 1.807) is 10.9 Å². The quantitative estimate of drug-likeness (QED) is 0.612. The Morgan fingerprint density at radius 3 is 2.50 bits per heavy atom. The molecule has 1 N–H and O–H groups in total. The van der Waals surface area contributed by atoms with E-state index in [4.69, 9.17) is 4.74 Å². The Balaban J connectivity index is 1.36. The molecule has 0 bridgehead atoms. The number of carbonyl (C=O) groups excluding carboxylic acids is 1. The zero-order chi connectivity index (χ0) is 22.7. The summed E-state index contributed by atoms with van der Waals surface area (Å²) in [6, 6.07) is 5.75. The SMILES string of the molecule is Cc1cc(C)nc(-n2nc(C)c(CC(=O)NCc3ccc(OC4CCCC4)nc3)c2C)n1. The molecule has 4 rings (SSSR count). The van der Waals surface area contributed by atoms with Crippen molar-refractivity contribution in [3.05, 3.63) is 58.3 Å². The van der Waals surface area contributed by atoms with Gasteiger partial charge in [0, 0.05) is 41.5 Å². The maximum Gasteiger partial charge on any atom is 0.251 e. The van der Waals surface area contributed by atoms with E-state index < -0.39 is 0 Å². The molecule has 0 unspecified atom stereocenters. The van der Waals surface area contributed by atoms with Crippen molar-refractivity contribution in [1.29, 1.82) is 0 Å². The van der Waals surface area contributed by atoms with Crippen LogP contribution in [0, 0.1) is 27.7 Å². The Kier molecular flexibility index (Phi) is 6.48. The van der Waals surface area contributed by atoms with Crippen molar-refractivity contribution in [2.75, 3.05) is 0 Å². The Hall–Kier alpha value is -3.29. The maximum atomic E-state index is 12.6. The predicted octanol–water partition coefficient (Wildman–Crippen LogP) is 3.47. The summed E-state index contributed by atoms with van der Waals surface area (Å²) in [5.74, 6) is 1.11. The number of hydrogen-bond acceptors (Lipinski definition) is 6. The summed E-state index contributed by atoms with van der Waals surface area (Å²) in [4.78, 5) is 26.0. The van der Waals surface area contributed by atoms with Gasteiger partial charge in [-0.3, -0.25) is 4.79 Å². The number of nitrogens with zero attached hydrogens (tertiary/aromatic N) is 5. The molecule has 8 heteroatoms. The zero-order valence-electron chi connectivity index (χ0n) is 19.2. The van der Waals surface area contributed by atoms with Crippen molar-refractivity contribution < 1.29 is 9.53 Å². The van der Waals surface area contributed by atoms with Crippen molar-refractivity contribution in [2.45, 2.75) is 72.4 Å². The van der Waals surface area contributed by atoms with Crippen LogP contribution in [0.5, 0.6) is 5.88 Å². The van der Waals surface area contributed by atoms with E-state index in [1.165, 1.54) is 12.8 Å². The zero-order valence-corrected chi connectivity index (χ0v) is 19.2. The van der Waals surface area contributed by atoms with Crippen LogP contribution in [0.3, 0.4) is 0 Å². The van der Waals surface area contributed by atoms with Crippen LogP contribution >= 0.6 is 0 Å². The molecule has 3 aromatic heterocycles. The van der Waals surface area contributed by atoms with Gasteiger partial charge in [-0.15, -0.1) is 0 Å². The highest BCUT2D eigenvalue weighted by atomic mass is 16.5. The number of carbonyl (C=O) groups is 1. The van der Waals surface area contributed by atoms with Crippen LogP contribution in [0.25, 0.3) is 5.95 Å². The molecule has 168 valence electrons. The maximum absolute atomic E-state index is 12.6. The van der Waals surface area contributed by atoms with E-state index >= 15 is 0 Å². The van der Waals surface area contributed by atoms with Gasteiger partial charge in [0.25, 0.3) is 5.95 Å². The number of amides is 1. The first-order valence-corrected chi connectivity index (χ1v) is 11.1. The number of hydrogen-bond donors (Lipinski definition) is 1. The molecule has 0 spiro atoms. The van der Waals surface area contributed by atoms with Crippen LogP contribution < -0.4 is 10.1 Å². The topological polar surface area (TPSA) is 94.8 Å². The number of rotatable bonds is 7. The third kappa shape index (κ3) is 5.12. The van der Waals surface area contributed by atoms with Crippen LogP contribution in [0.2, 0.25) is 0 Å². The average molecular weight is 435 g/mol. The molecule has 0 aliphatic heterocycles. The fourth-order valence-corrected chi connectivity index (χ4v) is 4.11. The van der Waals surface area contributed by atoms with Gasteiger partial charge in [-0.25, -0.2) is 19.6 Å². The molecule has 1 aliphatic rings. The molecule has 1 amide bonds. The summed E-state index contributed by atoms with van der Waals surface area (Å²) in [6.07, 6.45) is 6.95. The van der Waals surface area contributed by atoms with Gasteiger partial charge in [0.1, 0.15) is 6.10 Å². The Labute approximate surface area is 188 Å². The fraction of sp³-hybridized carbons (Fsp3) is 0.458. The van der Waals surface area contributed by atoms with E-state index in [2.05, 4.69) is 25.4 Å². The highest BCUT2D eigenvalue weighted by Crippen LogP contribution is 2.23. The summed E-state index contributed by atoms with van der Waals surface area (Å²) >= 11 is 0. The Bertz CT molecular complexity index is 1080. The minimum Gasteiger partial charge on any atom is -0.474 e. The lowest BCUT2D eigenvalue weighted by molar-refractivity contribution is -0.120. The monoisotopic (exact) mass is 434 g/mol. The van der Waals surface area contributed by atoms with Crippen LogP contribution in [-0.2, 0) is 17.8 Å². The highest BCUT2D eigenvalue weighted by molar-refractivity contribution is 5.79. The summed E-state index contributed by atoms with van der Waals surface area (Å²) in [5.41, 5.74) is 5.27. The number of nitrogens with one attached hydrogen (secondary N) is 1. The summed E-state index contributed by atoms with van der Waals surface area (Å²) in [6.45, 7) is 8.13. The molecule has 0 atom stereocenters. The molecule has 3 heterocycles. The smallest absolute Gasteiger partial charge is 0.251 e. The lowest BCUT2D eigenvalue weighted by Crippen LogP contribution is -2.25. The molecule has 1 fully saturated rings. The number of ether oxygens (including phenoxy) is 1. The second-order valence-electron chi connectivity index (χ2n) is 8.49. The molecular formula is C24H30N6O2. The van der Waals surface area contributed by atoms with Gasteiger partial charge in [0.15, 0.2) is 0 Å². The average Bonchev–Trinajstić information content (AvgIpc) is 3.36. The molecule has 8 nitrogen and oxygen atoms in total. The molecule has 1 aliphatic carbocycles. The van der Waals surface area contributed by atoms with Gasteiger partial charge >= 0.3 is 0 Å². The molecule has 32 heavy (non-hydrogen) atoms. The van der Waals surface area contributed by atoms with Gasteiger partial charge in [0.2, 0.25) is 11.8 Å². The molecular weight excluding hydrogens is 404 g/mol. The van der Waals surface area contributed by atoms with Crippen molar-refractivity contribution in [3.8, 4) is 11.8 Å². The third-order valence-electron chi connectivity index (χ3n) is 5.82. The van der Waals surface area contributed by atoms with Gasteiger partial charge in [-0.05, 0) is 65.0 Å². The van der Waals surface area contributed by atoms with Gasteiger partial charge < -0.3 is 10.1 Å². The summed E-state index contributed by atoms with van der Waals surface area (Å²) in [7, 11) is 0. The molecule has 3 aromatic rings. The highest BCUT2D eigenvalue weighted by Gasteiger charge is 2.18. The predicted molar refractivity (Wildman–Crippen MR) is 121 cm³/mol. The lowest BCUT2D eigenvalue weighted by Gasteiger charge is -2.12. The van der Waals surface area contributed by atoms with Crippen molar-refractivity contribution in [2.24, 2.45) is 0 Å². The van der Waals surface area contributed by atoms with E-state index in [0.717, 1.165) is 46.7 Å². The Morgan fingerprint density at radius 2 is 1.84 bits per heavy atom. The number of pyridine rings is 1. The van der Waals surface area contributed by atoms with Crippen LogP contribution in [0.1, 0.15) is 59.6 Å². The summed E-state index contributed by atoms with van der Waals surface area (Å²) in [5, 5.41) is 7.55. The number of aromatic nitrogens is 5. The first-order valence-electron chi connectivity index (χ1n) is 11.1. The van der Waals surface area contributed by atoms with E-state index in [9.17, 15) is 4.79 Å². The van der Waals surface area contributed by atoms with Crippen molar-refractivity contribution in [3.63, 3.8) is 0 Å². The standard InChI is InChI=1S/C24H30N6O2/c1-15-11-16(2)28-24(27-15)30-18(4)21(17(3)29-30)12-22(31)25-13-19-9-10-23(26-14-19)32-20-7-5-6-8-20/h9-11,14,20H,5-8,12-13H2,1-4H3,(H,25,31). The lowest BCUT2D eigenvalue weighted by atomic mass is 10.1. The molecule has 0 aromatic carbocycles. The van der Waals surface area contributed by atoms with Crippen molar-refractivity contribution >= 4 is 5.91 Å². The molecule has 0 saturated heterocycles. The third-order valence-corrected chi connectivity index (χ3v) is 5.82. The van der Waals surface area contributed by atoms with Gasteiger partial charge in [0.05, 0.1) is 12.1 Å². The second kappa shape index (κ2) is 9.46. The molecule has 1 saturated carbocycles. The van der Waals surface area contributed by atoms with Crippen LogP contribution in [0.4, 0.5) is 0 Å². The van der Waals surface area contributed by atoms with Gasteiger partial charge in [-0.1, -0.05) is 6.07 Å². The first-order chi connectivity index (χ1) is 15.4. The van der Waals surface area contributed by atoms with E-state index in [1.807, 2.05) is 45.9 Å². The second-order valence-corrected chi connectivity index (χ2v) is 8.49. The van der Waals surface area contributed by atoms with Gasteiger partial charge in [-0.2, -0.15) is 5.10 Å². The van der Waals surface area contributed by atoms with Crippen molar-refractivity contribution in [1.82, 2.24) is 30.0 Å². The number of aryl methyl sites for hydroxylation is 3. The largest absolute Gasteiger partial charge is 0.474 e. The van der Waals surface area contributed by atoms with Crippen LogP contribution in [0.15, 0.2) is 24.4 Å².